The van der Waals surface area contributed by atoms with Crippen LogP contribution in [0.1, 0.15) is 12.0 Å². The molecule has 0 bridgehead atoms. The predicted molar refractivity (Wildman–Crippen MR) is 189 cm³/mol. The number of nitrogens with zero attached hydrogens (tertiary/aromatic N) is 3. The Hall–Kier alpha value is -5.80. The smallest absolute Gasteiger partial charge is 0.0632 e. The Morgan fingerprint density at radius 1 is 0.467 bits per heavy atom. The Kier molecular flexibility index (Phi) is 5.11. The Labute approximate surface area is 261 Å². The van der Waals surface area contributed by atoms with Crippen LogP contribution in [0.2, 0.25) is 0 Å². The number of hydrogen-bond donors (Lipinski definition) is 0. The monoisotopic (exact) mass is 575 g/mol. The third kappa shape index (κ3) is 3.46. The van der Waals surface area contributed by atoms with Crippen molar-refractivity contribution < 1.29 is 0 Å². The van der Waals surface area contributed by atoms with Crippen LogP contribution < -0.4 is 4.90 Å². The first-order chi connectivity index (χ1) is 22.3. The summed E-state index contributed by atoms with van der Waals surface area (Å²) in [6.45, 7) is 0. The summed E-state index contributed by atoms with van der Waals surface area (Å²) in [7, 11) is 0. The van der Waals surface area contributed by atoms with Gasteiger partial charge in [-0.3, -0.25) is 0 Å². The molecule has 6 aromatic carbocycles. The van der Waals surface area contributed by atoms with E-state index in [0.29, 0.717) is 0 Å². The van der Waals surface area contributed by atoms with E-state index in [9.17, 15) is 0 Å². The number of para-hydroxylation sites is 4. The first-order valence-corrected chi connectivity index (χ1v) is 15.7. The number of hydrogen-bond acceptors (Lipinski definition) is 1. The van der Waals surface area contributed by atoms with Crippen molar-refractivity contribution in [3.8, 4) is 11.4 Å². The minimum Gasteiger partial charge on any atom is -0.333 e. The maximum atomic E-state index is 2.59. The van der Waals surface area contributed by atoms with Crippen LogP contribution in [0.25, 0.3) is 60.6 Å². The van der Waals surface area contributed by atoms with E-state index in [4.69, 9.17) is 0 Å². The third-order valence-electron chi connectivity index (χ3n) is 9.77. The molecule has 10 rings (SSSR count). The molecule has 0 saturated heterocycles. The minimum atomic E-state index is 0.257. The van der Waals surface area contributed by atoms with Crippen LogP contribution in [0.3, 0.4) is 0 Å². The number of rotatable bonds is 3. The lowest BCUT2D eigenvalue weighted by atomic mass is 9.95. The SMILES string of the molecule is C1=CCC2C(=C1)c1cc3c4ccccc4n(-c4ccccc4)c3cc1N2c1ccc2c(c1)c1ccccc1n2-c1ccccc1. The number of allylic oxidation sites excluding steroid dienone is 2. The number of anilines is 2. The Morgan fingerprint density at radius 2 is 1.04 bits per heavy atom. The van der Waals surface area contributed by atoms with E-state index in [0.717, 1.165) is 6.42 Å². The third-order valence-corrected chi connectivity index (χ3v) is 9.77. The molecule has 0 fully saturated rings. The normalized spacial score (nSPS) is 15.7. The highest BCUT2D eigenvalue weighted by Crippen LogP contribution is 2.51. The van der Waals surface area contributed by atoms with E-state index in [1.807, 2.05) is 0 Å². The molecule has 3 heterocycles. The summed E-state index contributed by atoms with van der Waals surface area (Å²) >= 11 is 0. The van der Waals surface area contributed by atoms with Crippen molar-refractivity contribution in [2.24, 2.45) is 0 Å². The van der Waals surface area contributed by atoms with E-state index in [-0.39, 0.29) is 6.04 Å². The molecule has 212 valence electrons. The van der Waals surface area contributed by atoms with Crippen LogP contribution in [-0.2, 0) is 0 Å². The number of fused-ring (bicyclic) bond motifs is 9. The highest BCUT2D eigenvalue weighted by Gasteiger charge is 2.36. The molecule has 0 N–H and O–H groups in total. The molecule has 1 unspecified atom stereocenters. The Morgan fingerprint density at radius 3 is 1.73 bits per heavy atom. The largest absolute Gasteiger partial charge is 0.333 e. The van der Waals surface area contributed by atoms with Crippen LogP contribution in [0.4, 0.5) is 11.4 Å². The summed E-state index contributed by atoms with van der Waals surface area (Å²) in [5, 5.41) is 5.13. The van der Waals surface area contributed by atoms with Crippen LogP contribution in [0.15, 0.2) is 158 Å². The van der Waals surface area contributed by atoms with E-state index in [1.165, 1.54) is 77.5 Å². The topological polar surface area (TPSA) is 13.1 Å². The van der Waals surface area contributed by atoms with Crippen molar-refractivity contribution in [1.29, 1.82) is 0 Å². The molecule has 2 aliphatic rings. The van der Waals surface area contributed by atoms with Crippen molar-refractivity contribution in [2.45, 2.75) is 12.5 Å². The molecule has 1 aliphatic heterocycles. The molecule has 8 aromatic rings. The van der Waals surface area contributed by atoms with Gasteiger partial charge in [-0.15, -0.1) is 0 Å². The van der Waals surface area contributed by atoms with Gasteiger partial charge < -0.3 is 14.0 Å². The quantitative estimate of drug-likeness (QED) is 0.204. The average Bonchev–Trinajstić information content (AvgIpc) is 3.73. The second kappa shape index (κ2) is 9.35. The molecular weight excluding hydrogens is 546 g/mol. The lowest BCUT2D eigenvalue weighted by Crippen LogP contribution is -2.27. The predicted octanol–water partition coefficient (Wildman–Crippen LogP) is 10.7. The van der Waals surface area contributed by atoms with Crippen LogP contribution >= 0.6 is 0 Å². The molecule has 1 aliphatic carbocycles. The van der Waals surface area contributed by atoms with Gasteiger partial charge in [0.15, 0.2) is 0 Å². The van der Waals surface area contributed by atoms with Crippen molar-refractivity contribution >= 4 is 60.6 Å². The highest BCUT2D eigenvalue weighted by molar-refractivity contribution is 6.14. The zero-order valence-corrected chi connectivity index (χ0v) is 24.6. The summed E-state index contributed by atoms with van der Waals surface area (Å²) in [5.41, 5.74) is 12.5. The van der Waals surface area contributed by atoms with Crippen molar-refractivity contribution in [2.75, 3.05) is 4.90 Å². The minimum absolute atomic E-state index is 0.257. The maximum Gasteiger partial charge on any atom is 0.0632 e. The fourth-order valence-electron chi connectivity index (χ4n) is 7.87. The van der Waals surface area contributed by atoms with Gasteiger partial charge in [-0.05, 0) is 78.7 Å². The van der Waals surface area contributed by atoms with Gasteiger partial charge in [-0.2, -0.15) is 0 Å². The van der Waals surface area contributed by atoms with Gasteiger partial charge in [0.25, 0.3) is 0 Å². The van der Waals surface area contributed by atoms with Crippen LogP contribution in [0.5, 0.6) is 0 Å². The van der Waals surface area contributed by atoms with Gasteiger partial charge in [0.05, 0.1) is 33.8 Å². The van der Waals surface area contributed by atoms with E-state index < -0.39 is 0 Å². The summed E-state index contributed by atoms with van der Waals surface area (Å²) in [6.07, 6.45) is 7.85. The summed E-state index contributed by atoms with van der Waals surface area (Å²) in [4.78, 5) is 2.59. The van der Waals surface area contributed by atoms with Crippen molar-refractivity contribution in [1.82, 2.24) is 9.13 Å². The van der Waals surface area contributed by atoms with Gasteiger partial charge in [-0.25, -0.2) is 0 Å². The highest BCUT2D eigenvalue weighted by atomic mass is 15.2. The second-order valence-corrected chi connectivity index (χ2v) is 12.1. The van der Waals surface area contributed by atoms with E-state index in [2.05, 4.69) is 172 Å². The maximum absolute atomic E-state index is 2.59. The van der Waals surface area contributed by atoms with Gasteiger partial charge in [0.2, 0.25) is 0 Å². The molecule has 0 spiro atoms. The van der Waals surface area contributed by atoms with Crippen molar-refractivity contribution in [3.05, 3.63) is 163 Å². The van der Waals surface area contributed by atoms with Gasteiger partial charge in [0, 0.05) is 44.2 Å². The number of aromatic nitrogens is 2. The molecule has 3 nitrogen and oxygen atoms in total. The fourth-order valence-corrected chi connectivity index (χ4v) is 7.87. The molecular formula is C42H29N3. The number of benzene rings is 6. The van der Waals surface area contributed by atoms with Crippen LogP contribution in [0, 0.1) is 0 Å². The summed E-state index contributed by atoms with van der Waals surface area (Å²) in [6, 6.07) is 51.3. The zero-order valence-electron chi connectivity index (χ0n) is 24.6. The second-order valence-electron chi connectivity index (χ2n) is 12.1. The Balaban J connectivity index is 1.24. The molecule has 45 heavy (non-hydrogen) atoms. The molecule has 1 atom stereocenters. The standard InChI is InChI=1S/C42H29N3/c1-3-13-28(14-4-1)43-37-20-10-7-17-31(37)34-25-30(23-24-40(34)43)45-39-22-12-9-19-33(39)36-26-35-32-18-8-11-21-38(32)44(41(35)27-42(36)45)29-15-5-2-6-16-29/h1-21,23-27,39H,22H2. The van der Waals surface area contributed by atoms with Gasteiger partial charge >= 0.3 is 0 Å². The lowest BCUT2D eigenvalue weighted by Gasteiger charge is -2.29. The molecule has 0 radical (unpaired) electrons. The summed E-state index contributed by atoms with van der Waals surface area (Å²) < 4.78 is 4.82. The van der Waals surface area contributed by atoms with Crippen molar-refractivity contribution in [3.63, 3.8) is 0 Å². The van der Waals surface area contributed by atoms with Gasteiger partial charge in [-0.1, -0.05) is 91.0 Å². The van der Waals surface area contributed by atoms with Crippen LogP contribution in [-0.4, -0.2) is 15.2 Å². The Bertz CT molecular complexity index is 2510. The molecule has 0 amide bonds. The summed E-state index contributed by atoms with van der Waals surface area (Å²) in [5.74, 6) is 0. The van der Waals surface area contributed by atoms with E-state index >= 15 is 0 Å². The van der Waals surface area contributed by atoms with E-state index in [1.54, 1.807) is 0 Å². The van der Waals surface area contributed by atoms with Gasteiger partial charge in [0.1, 0.15) is 0 Å². The average molecular weight is 576 g/mol. The lowest BCUT2D eigenvalue weighted by molar-refractivity contribution is 0.830. The first-order valence-electron chi connectivity index (χ1n) is 15.7. The zero-order chi connectivity index (χ0) is 29.5. The fraction of sp³-hybridized carbons (Fsp3) is 0.0476. The molecule has 2 aromatic heterocycles. The molecule has 3 heteroatoms. The molecule has 0 saturated carbocycles. The first kappa shape index (κ1) is 24.6.